The number of piperidine rings is 1. The van der Waals surface area contributed by atoms with E-state index in [2.05, 4.69) is 56.2 Å². The summed E-state index contributed by atoms with van der Waals surface area (Å²) in [6.45, 7) is 21.8. The van der Waals surface area contributed by atoms with Gasteiger partial charge in [-0.25, -0.2) is 0 Å². The Morgan fingerprint density at radius 2 is 1.62 bits per heavy atom. The molecular weight excluding hydrogens is 258 g/mol. The molecule has 0 bridgehead atoms. The highest BCUT2D eigenvalue weighted by Crippen LogP contribution is 2.24. The molecule has 0 aromatic heterocycles. The summed E-state index contributed by atoms with van der Waals surface area (Å²) in [5, 5.41) is 0. The third-order valence-corrected chi connectivity index (χ3v) is 5.59. The molecule has 0 aromatic rings. The predicted molar refractivity (Wildman–Crippen MR) is 91.8 cm³/mol. The third kappa shape index (κ3) is 4.67. The van der Waals surface area contributed by atoms with Gasteiger partial charge in [0.15, 0.2) is 0 Å². The molecule has 2 heterocycles. The molecule has 21 heavy (non-hydrogen) atoms. The van der Waals surface area contributed by atoms with Crippen molar-refractivity contribution in [2.45, 2.75) is 72.0 Å². The smallest absolute Gasteiger partial charge is 0.0195 e. The van der Waals surface area contributed by atoms with E-state index in [9.17, 15) is 0 Å². The maximum atomic E-state index is 2.75. The van der Waals surface area contributed by atoms with E-state index in [0.717, 1.165) is 12.0 Å². The van der Waals surface area contributed by atoms with Gasteiger partial charge in [-0.1, -0.05) is 0 Å². The Balaban J connectivity index is 1.77. The highest BCUT2D eigenvalue weighted by atomic mass is 15.3. The van der Waals surface area contributed by atoms with Crippen molar-refractivity contribution in [2.24, 2.45) is 5.92 Å². The molecule has 3 heteroatoms. The molecule has 2 aliphatic rings. The van der Waals surface area contributed by atoms with Crippen LogP contribution in [-0.2, 0) is 0 Å². The number of rotatable bonds is 3. The van der Waals surface area contributed by atoms with Crippen molar-refractivity contribution in [1.29, 1.82) is 0 Å². The van der Waals surface area contributed by atoms with Gasteiger partial charge in [-0.3, -0.25) is 9.80 Å². The van der Waals surface area contributed by atoms with E-state index in [1.165, 1.54) is 52.1 Å². The highest BCUT2D eigenvalue weighted by Gasteiger charge is 2.31. The number of nitrogens with zero attached hydrogens (tertiary/aromatic N) is 3. The van der Waals surface area contributed by atoms with Crippen LogP contribution < -0.4 is 0 Å². The molecule has 2 saturated heterocycles. The van der Waals surface area contributed by atoms with Crippen LogP contribution in [0.4, 0.5) is 0 Å². The molecule has 1 atom stereocenters. The summed E-state index contributed by atoms with van der Waals surface area (Å²) in [5.41, 5.74) is 0.322. The summed E-state index contributed by atoms with van der Waals surface area (Å²) >= 11 is 0. The molecule has 0 unspecified atom stereocenters. The Hall–Kier alpha value is -0.120. The maximum absolute atomic E-state index is 2.75. The Labute approximate surface area is 132 Å². The van der Waals surface area contributed by atoms with Crippen LogP contribution >= 0.6 is 0 Å². The van der Waals surface area contributed by atoms with Crippen LogP contribution in [0, 0.1) is 5.92 Å². The minimum absolute atomic E-state index is 0.322. The number of likely N-dealkylation sites (tertiary alicyclic amines) is 1. The van der Waals surface area contributed by atoms with Crippen molar-refractivity contribution in [2.75, 3.05) is 39.3 Å². The van der Waals surface area contributed by atoms with E-state index in [1.54, 1.807) is 0 Å². The molecule has 2 fully saturated rings. The summed E-state index contributed by atoms with van der Waals surface area (Å²) in [6, 6.07) is 1.43. The molecular formula is C18H37N3. The summed E-state index contributed by atoms with van der Waals surface area (Å²) in [5.74, 6) is 0.920. The molecule has 0 N–H and O–H groups in total. The van der Waals surface area contributed by atoms with E-state index in [4.69, 9.17) is 0 Å². The lowest BCUT2D eigenvalue weighted by molar-refractivity contribution is 0.0139. The monoisotopic (exact) mass is 295 g/mol. The first-order valence-corrected chi connectivity index (χ1v) is 9.00. The van der Waals surface area contributed by atoms with Gasteiger partial charge in [0.25, 0.3) is 0 Å². The van der Waals surface area contributed by atoms with Gasteiger partial charge in [0, 0.05) is 43.8 Å². The van der Waals surface area contributed by atoms with Crippen molar-refractivity contribution in [3.05, 3.63) is 0 Å². The summed E-state index contributed by atoms with van der Waals surface area (Å²) in [6.07, 6.45) is 2.79. The molecule has 0 spiro atoms. The van der Waals surface area contributed by atoms with Gasteiger partial charge >= 0.3 is 0 Å². The van der Waals surface area contributed by atoms with Gasteiger partial charge in [-0.15, -0.1) is 0 Å². The SMILES string of the molecule is CC(C)N1CCC(CN2CCN(C(C)(C)C)C[C@@H]2C)CC1. The second-order valence-corrected chi connectivity index (χ2v) is 8.53. The fraction of sp³-hybridized carbons (Fsp3) is 1.00. The Kier molecular flexibility index (Phi) is 5.72. The molecule has 2 aliphatic heterocycles. The highest BCUT2D eigenvalue weighted by molar-refractivity contribution is 4.87. The zero-order valence-corrected chi connectivity index (χ0v) is 15.2. The Bertz CT molecular complexity index is 313. The van der Waals surface area contributed by atoms with Crippen molar-refractivity contribution in [1.82, 2.24) is 14.7 Å². The molecule has 0 saturated carbocycles. The molecule has 2 rings (SSSR count). The minimum atomic E-state index is 0.322. The minimum Gasteiger partial charge on any atom is -0.301 e. The predicted octanol–water partition coefficient (Wildman–Crippen LogP) is 2.91. The summed E-state index contributed by atoms with van der Waals surface area (Å²) in [7, 11) is 0. The number of hydrogen-bond donors (Lipinski definition) is 0. The normalized spacial score (nSPS) is 28.4. The van der Waals surface area contributed by atoms with Crippen LogP contribution in [0.25, 0.3) is 0 Å². The first-order valence-electron chi connectivity index (χ1n) is 9.00. The Morgan fingerprint density at radius 3 is 2.10 bits per heavy atom. The fourth-order valence-corrected chi connectivity index (χ4v) is 3.86. The first-order chi connectivity index (χ1) is 9.77. The molecule has 124 valence electrons. The topological polar surface area (TPSA) is 9.72 Å². The average molecular weight is 296 g/mol. The van der Waals surface area contributed by atoms with Gasteiger partial charge in [-0.2, -0.15) is 0 Å². The van der Waals surface area contributed by atoms with E-state index in [-0.39, 0.29) is 0 Å². The Morgan fingerprint density at radius 1 is 1.00 bits per heavy atom. The quantitative estimate of drug-likeness (QED) is 0.792. The largest absolute Gasteiger partial charge is 0.301 e. The standard InChI is InChI=1S/C18H37N3/c1-15(2)19-9-7-17(8-10-19)14-20-11-12-21(13-16(20)3)18(4,5)6/h15-17H,7-14H2,1-6H3/t16-/m0/s1. The van der Waals surface area contributed by atoms with E-state index < -0.39 is 0 Å². The van der Waals surface area contributed by atoms with Crippen LogP contribution in [-0.4, -0.2) is 71.6 Å². The van der Waals surface area contributed by atoms with Gasteiger partial charge in [0.05, 0.1) is 0 Å². The lowest BCUT2D eigenvalue weighted by Crippen LogP contribution is -2.58. The molecule has 0 radical (unpaired) electrons. The summed E-state index contributed by atoms with van der Waals surface area (Å²) in [4.78, 5) is 8.03. The lowest BCUT2D eigenvalue weighted by Gasteiger charge is -2.47. The van der Waals surface area contributed by atoms with Crippen molar-refractivity contribution in [3.8, 4) is 0 Å². The van der Waals surface area contributed by atoms with Crippen molar-refractivity contribution < 1.29 is 0 Å². The van der Waals surface area contributed by atoms with Crippen molar-refractivity contribution >= 4 is 0 Å². The fourth-order valence-electron chi connectivity index (χ4n) is 3.86. The maximum Gasteiger partial charge on any atom is 0.0195 e. The van der Waals surface area contributed by atoms with Gasteiger partial charge in [0.1, 0.15) is 0 Å². The second kappa shape index (κ2) is 6.97. The van der Waals surface area contributed by atoms with Crippen LogP contribution in [0.1, 0.15) is 54.4 Å². The van der Waals surface area contributed by atoms with Gasteiger partial charge in [0.2, 0.25) is 0 Å². The van der Waals surface area contributed by atoms with Gasteiger partial charge < -0.3 is 4.90 Å². The van der Waals surface area contributed by atoms with E-state index in [0.29, 0.717) is 11.6 Å². The molecule has 0 aromatic carbocycles. The van der Waals surface area contributed by atoms with Crippen LogP contribution in [0.2, 0.25) is 0 Å². The van der Waals surface area contributed by atoms with Crippen LogP contribution in [0.15, 0.2) is 0 Å². The second-order valence-electron chi connectivity index (χ2n) is 8.53. The number of piperazine rings is 1. The van der Waals surface area contributed by atoms with Crippen LogP contribution in [0.5, 0.6) is 0 Å². The molecule has 0 amide bonds. The zero-order valence-electron chi connectivity index (χ0n) is 15.2. The lowest BCUT2D eigenvalue weighted by atomic mass is 9.94. The zero-order chi connectivity index (χ0) is 15.6. The molecule has 0 aliphatic carbocycles. The third-order valence-electron chi connectivity index (χ3n) is 5.59. The van der Waals surface area contributed by atoms with Crippen LogP contribution in [0.3, 0.4) is 0 Å². The van der Waals surface area contributed by atoms with E-state index in [1.807, 2.05) is 0 Å². The number of hydrogen-bond acceptors (Lipinski definition) is 3. The van der Waals surface area contributed by atoms with Crippen molar-refractivity contribution in [3.63, 3.8) is 0 Å². The van der Waals surface area contributed by atoms with Gasteiger partial charge in [-0.05, 0) is 73.4 Å². The van der Waals surface area contributed by atoms with E-state index >= 15 is 0 Å². The first kappa shape index (κ1) is 17.2. The average Bonchev–Trinajstić information content (AvgIpc) is 2.40. The summed E-state index contributed by atoms with van der Waals surface area (Å²) < 4.78 is 0. The molecule has 3 nitrogen and oxygen atoms in total.